The highest BCUT2D eigenvalue weighted by molar-refractivity contribution is 6.33. The molecule has 0 N–H and O–H groups in total. The molecule has 10 aromatic rings. The van der Waals surface area contributed by atoms with Crippen LogP contribution in [0.2, 0.25) is 0 Å². The third kappa shape index (κ3) is 5.00. The standard InChI is InChI=1S/C48H30N4/c1-3-14-31(15-4-1)46-50-47(32-16-5-2-6-17-32)52-48(51-46)44-28-33(25-26-35(44)34-18-13-27-49-30-34)42-29-43-38-21-8-7-19-36(38)37-20-9-11-23-40(37)45(43)41-24-12-10-22-39(41)42/h1-30H. The Morgan fingerprint density at radius 2 is 0.788 bits per heavy atom. The van der Waals surface area contributed by atoms with Crippen LogP contribution in [0, 0.1) is 0 Å². The summed E-state index contributed by atoms with van der Waals surface area (Å²) in [5.41, 5.74) is 7.01. The van der Waals surface area contributed by atoms with Crippen LogP contribution in [0.1, 0.15) is 0 Å². The Kier molecular flexibility index (Phi) is 7.10. The molecule has 0 saturated carbocycles. The molecule has 0 unspecified atom stereocenters. The maximum absolute atomic E-state index is 5.17. The predicted molar refractivity (Wildman–Crippen MR) is 215 cm³/mol. The van der Waals surface area contributed by atoms with Crippen molar-refractivity contribution in [1.29, 1.82) is 0 Å². The molecule has 10 rings (SSSR count). The lowest BCUT2D eigenvalue weighted by atomic mass is 9.86. The maximum Gasteiger partial charge on any atom is 0.164 e. The summed E-state index contributed by atoms with van der Waals surface area (Å²) in [5.74, 6) is 1.86. The van der Waals surface area contributed by atoms with Crippen molar-refractivity contribution in [3.8, 4) is 56.4 Å². The van der Waals surface area contributed by atoms with Gasteiger partial charge in [0.1, 0.15) is 0 Å². The van der Waals surface area contributed by atoms with Crippen molar-refractivity contribution in [3.63, 3.8) is 0 Å². The summed E-state index contributed by atoms with van der Waals surface area (Å²) < 4.78 is 0. The topological polar surface area (TPSA) is 51.6 Å². The highest BCUT2D eigenvalue weighted by Gasteiger charge is 2.19. The van der Waals surface area contributed by atoms with E-state index in [1.54, 1.807) is 6.20 Å². The normalized spacial score (nSPS) is 11.5. The van der Waals surface area contributed by atoms with Gasteiger partial charge in [0.2, 0.25) is 0 Å². The van der Waals surface area contributed by atoms with Crippen LogP contribution in [-0.4, -0.2) is 19.9 Å². The summed E-state index contributed by atoms with van der Waals surface area (Å²) >= 11 is 0. The lowest BCUT2D eigenvalue weighted by Crippen LogP contribution is -2.01. The van der Waals surface area contributed by atoms with Crippen molar-refractivity contribution in [2.45, 2.75) is 0 Å². The van der Waals surface area contributed by atoms with Crippen LogP contribution >= 0.6 is 0 Å². The van der Waals surface area contributed by atoms with Gasteiger partial charge in [-0.05, 0) is 78.0 Å². The zero-order valence-electron chi connectivity index (χ0n) is 28.1. The zero-order chi connectivity index (χ0) is 34.4. The first-order valence-electron chi connectivity index (χ1n) is 17.5. The van der Waals surface area contributed by atoms with Gasteiger partial charge < -0.3 is 0 Å². The smallest absolute Gasteiger partial charge is 0.164 e. The molecule has 2 heterocycles. The van der Waals surface area contributed by atoms with Crippen LogP contribution in [0.25, 0.3) is 99.5 Å². The number of pyridine rings is 1. The summed E-state index contributed by atoms with van der Waals surface area (Å²) in [7, 11) is 0. The van der Waals surface area contributed by atoms with Crippen LogP contribution in [0.4, 0.5) is 0 Å². The zero-order valence-corrected chi connectivity index (χ0v) is 28.1. The Hall–Kier alpha value is -7.04. The molecule has 0 amide bonds. The van der Waals surface area contributed by atoms with E-state index in [1.165, 1.54) is 43.1 Å². The van der Waals surface area contributed by atoms with Gasteiger partial charge in [0.25, 0.3) is 0 Å². The Bertz CT molecular complexity index is 2880. The van der Waals surface area contributed by atoms with Crippen LogP contribution in [-0.2, 0) is 0 Å². The third-order valence-electron chi connectivity index (χ3n) is 9.99. The van der Waals surface area contributed by atoms with Gasteiger partial charge in [0.05, 0.1) is 0 Å². The van der Waals surface area contributed by atoms with E-state index < -0.39 is 0 Å². The largest absolute Gasteiger partial charge is 0.264 e. The van der Waals surface area contributed by atoms with Gasteiger partial charge >= 0.3 is 0 Å². The third-order valence-corrected chi connectivity index (χ3v) is 9.99. The number of hydrogen-bond donors (Lipinski definition) is 0. The van der Waals surface area contributed by atoms with E-state index in [-0.39, 0.29) is 0 Å². The second-order valence-electron chi connectivity index (χ2n) is 13.0. The van der Waals surface area contributed by atoms with Gasteiger partial charge in [-0.2, -0.15) is 0 Å². The fourth-order valence-electron chi connectivity index (χ4n) is 7.61. The number of fused-ring (bicyclic) bond motifs is 8. The fourth-order valence-corrected chi connectivity index (χ4v) is 7.61. The quantitative estimate of drug-likeness (QED) is 0.172. The minimum Gasteiger partial charge on any atom is -0.264 e. The fraction of sp³-hybridized carbons (Fsp3) is 0. The van der Waals surface area contributed by atoms with Crippen LogP contribution in [0.5, 0.6) is 0 Å². The number of rotatable bonds is 5. The molecular formula is C48H30N4. The summed E-state index contributed by atoms with van der Waals surface area (Å²) in [6.07, 6.45) is 3.70. The van der Waals surface area contributed by atoms with E-state index in [0.29, 0.717) is 17.5 Å². The molecule has 0 spiro atoms. The van der Waals surface area contributed by atoms with Gasteiger partial charge in [0.15, 0.2) is 17.5 Å². The first-order valence-corrected chi connectivity index (χ1v) is 17.5. The first kappa shape index (κ1) is 29.8. The molecule has 0 aliphatic rings. The van der Waals surface area contributed by atoms with E-state index in [2.05, 4.69) is 108 Å². The highest BCUT2D eigenvalue weighted by atomic mass is 15.0. The highest BCUT2D eigenvalue weighted by Crippen LogP contribution is 2.44. The van der Waals surface area contributed by atoms with Crippen molar-refractivity contribution in [3.05, 3.63) is 182 Å². The molecule has 0 bridgehead atoms. The summed E-state index contributed by atoms with van der Waals surface area (Å²) in [5, 5.41) is 9.97. The summed E-state index contributed by atoms with van der Waals surface area (Å²) in [4.78, 5) is 19.8. The van der Waals surface area contributed by atoms with E-state index in [4.69, 9.17) is 15.0 Å². The number of aromatic nitrogens is 4. The van der Waals surface area contributed by atoms with Crippen molar-refractivity contribution >= 4 is 43.1 Å². The van der Waals surface area contributed by atoms with E-state index in [1.807, 2.05) is 72.9 Å². The van der Waals surface area contributed by atoms with E-state index in [9.17, 15) is 0 Å². The SMILES string of the molecule is c1ccc(-c2nc(-c3ccccc3)nc(-c3cc(-c4cc5c6ccccc6c6ccccc6c5c5ccccc45)ccc3-c3cccnc3)n2)cc1. The molecule has 0 aliphatic heterocycles. The van der Waals surface area contributed by atoms with Crippen molar-refractivity contribution < 1.29 is 0 Å². The molecule has 242 valence electrons. The molecule has 0 atom stereocenters. The molecule has 4 nitrogen and oxygen atoms in total. The minimum absolute atomic E-state index is 0.606. The monoisotopic (exact) mass is 662 g/mol. The molecule has 4 heteroatoms. The number of hydrogen-bond acceptors (Lipinski definition) is 4. The molecule has 0 aliphatic carbocycles. The average molecular weight is 663 g/mol. The molecule has 52 heavy (non-hydrogen) atoms. The Balaban J connectivity index is 1.28. The number of benzene rings is 8. The van der Waals surface area contributed by atoms with Gasteiger partial charge in [-0.1, -0.05) is 152 Å². The molecule has 0 saturated heterocycles. The molecule has 2 aromatic heterocycles. The van der Waals surface area contributed by atoms with Crippen molar-refractivity contribution in [2.24, 2.45) is 0 Å². The Morgan fingerprint density at radius 1 is 0.288 bits per heavy atom. The van der Waals surface area contributed by atoms with Crippen molar-refractivity contribution in [2.75, 3.05) is 0 Å². The lowest BCUT2D eigenvalue weighted by Gasteiger charge is -2.17. The Morgan fingerprint density at radius 3 is 1.40 bits per heavy atom. The molecular weight excluding hydrogens is 633 g/mol. The lowest BCUT2D eigenvalue weighted by molar-refractivity contribution is 1.07. The second kappa shape index (κ2) is 12.4. The Labute approximate surface area is 300 Å². The van der Waals surface area contributed by atoms with E-state index >= 15 is 0 Å². The molecule has 0 fully saturated rings. The summed E-state index contributed by atoms with van der Waals surface area (Å²) in [6, 6.07) is 59.7. The van der Waals surface area contributed by atoms with Gasteiger partial charge in [-0.15, -0.1) is 0 Å². The maximum atomic E-state index is 5.17. The minimum atomic E-state index is 0.606. The van der Waals surface area contributed by atoms with Gasteiger partial charge in [0, 0.05) is 34.6 Å². The number of nitrogens with zero attached hydrogens (tertiary/aromatic N) is 4. The molecule has 0 radical (unpaired) electrons. The molecule has 8 aromatic carbocycles. The van der Waals surface area contributed by atoms with Crippen LogP contribution < -0.4 is 0 Å². The van der Waals surface area contributed by atoms with Crippen LogP contribution in [0.3, 0.4) is 0 Å². The summed E-state index contributed by atoms with van der Waals surface area (Å²) in [6.45, 7) is 0. The van der Waals surface area contributed by atoms with Crippen molar-refractivity contribution in [1.82, 2.24) is 19.9 Å². The van der Waals surface area contributed by atoms with E-state index in [0.717, 1.165) is 38.9 Å². The second-order valence-corrected chi connectivity index (χ2v) is 13.0. The average Bonchev–Trinajstić information content (AvgIpc) is 3.24. The van der Waals surface area contributed by atoms with Gasteiger partial charge in [-0.25, -0.2) is 15.0 Å². The van der Waals surface area contributed by atoms with Crippen LogP contribution in [0.15, 0.2) is 182 Å². The predicted octanol–water partition coefficient (Wildman–Crippen LogP) is 12.2. The first-order chi connectivity index (χ1) is 25.8. The van der Waals surface area contributed by atoms with Gasteiger partial charge in [-0.3, -0.25) is 4.98 Å².